The normalized spacial score (nSPS) is 9.91. The molecule has 0 aromatic heterocycles. The molecule has 140 valence electrons. The molecule has 2 nitrogen and oxygen atoms in total. The van der Waals surface area contributed by atoms with E-state index in [4.69, 9.17) is 10.2 Å². The third-order valence-corrected chi connectivity index (χ3v) is 4.02. The van der Waals surface area contributed by atoms with E-state index in [1.165, 1.54) is 89.9 Å². The summed E-state index contributed by atoms with van der Waals surface area (Å²) in [5.74, 6) is 0. The maximum absolute atomic E-state index is 8.51. The van der Waals surface area contributed by atoms with Crippen molar-refractivity contribution >= 4 is 0 Å². The van der Waals surface area contributed by atoms with Gasteiger partial charge in [0.25, 0.3) is 0 Å². The molecule has 3 heteroatoms. The van der Waals surface area contributed by atoms with Crippen LogP contribution in [0.3, 0.4) is 0 Å². The molecule has 0 spiro atoms. The Labute approximate surface area is 165 Å². The first-order valence-electron chi connectivity index (χ1n) is 10.0. The molecule has 0 atom stereocenters. The molecule has 0 unspecified atom stereocenters. The Bertz CT molecular complexity index is 132. The Morgan fingerprint density at radius 1 is 0.391 bits per heavy atom. The second kappa shape index (κ2) is 30.6. The predicted molar refractivity (Wildman–Crippen MR) is 99.4 cm³/mol. The minimum absolute atomic E-state index is 0. The second-order valence-corrected chi connectivity index (χ2v) is 6.40. The fraction of sp³-hybridized carbons (Fsp3) is 1.00. The molecule has 0 rings (SSSR count). The average Bonchev–Trinajstić information content (AvgIpc) is 2.54. The summed E-state index contributed by atoms with van der Waals surface area (Å²) in [5.41, 5.74) is 0. The van der Waals surface area contributed by atoms with Crippen molar-refractivity contribution in [3.05, 3.63) is 0 Å². The van der Waals surface area contributed by atoms with Crippen LogP contribution in [0.5, 0.6) is 0 Å². The smallest absolute Gasteiger partial charge is 0.0431 e. The molecule has 2 N–H and O–H groups in total. The van der Waals surface area contributed by atoms with Crippen LogP contribution in [-0.4, -0.2) is 23.4 Å². The molecule has 0 amide bonds. The van der Waals surface area contributed by atoms with Gasteiger partial charge in [-0.25, -0.2) is 0 Å². The molecule has 23 heavy (non-hydrogen) atoms. The van der Waals surface area contributed by atoms with Crippen molar-refractivity contribution in [2.24, 2.45) is 0 Å². The van der Waals surface area contributed by atoms with E-state index in [2.05, 4.69) is 13.8 Å². The monoisotopic (exact) mass is 496 g/mol. The average molecular weight is 495 g/mol. The van der Waals surface area contributed by atoms with E-state index in [0.29, 0.717) is 13.2 Å². The van der Waals surface area contributed by atoms with Crippen molar-refractivity contribution in [3.63, 3.8) is 0 Å². The van der Waals surface area contributed by atoms with E-state index in [-0.39, 0.29) is 25.8 Å². The SMILES string of the molecule is CCCCCCCCCCO.CCCCCCCCCCO.[Hf]. The summed E-state index contributed by atoms with van der Waals surface area (Å²) in [4.78, 5) is 0. The Hall–Kier alpha value is 0.790. The Morgan fingerprint density at radius 2 is 0.609 bits per heavy atom. The van der Waals surface area contributed by atoms with Crippen molar-refractivity contribution in [1.29, 1.82) is 0 Å². The summed E-state index contributed by atoms with van der Waals surface area (Å²) in [5, 5.41) is 17.0. The van der Waals surface area contributed by atoms with E-state index in [0.717, 1.165) is 12.8 Å². The summed E-state index contributed by atoms with van der Waals surface area (Å²) >= 11 is 0. The van der Waals surface area contributed by atoms with Gasteiger partial charge in [0.15, 0.2) is 0 Å². The number of rotatable bonds is 16. The number of hydrogen-bond acceptors (Lipinski definition) is 2. The van der Waals surface area contributed by atoms with Crippen LogP contribution in [0.1, 0.15) is 117 Å². The molecule has 0 aromatic rings. The largest absolute Gasteiger partial charge is 0.396 e. The first kappa shape index (κ1) is 28.6. The standard InChI is InChI=1S/2C10H22O.Hf/c2*1-2-3-4-5-6-7-8-9-10-11;/h2*11H,2-10H2,1H3;. The number of aliphatic hydroxyl groups excluding tert-OH is 2. The van der Waals surface area contributed by atoms with Gasteiger partial charge in [-0.05, 0) is 12.8 Å². The third kappa shape index (κ3) is 34.9. The van der Waals surface area contributed by atoms with Gasteiger partial charge in [0.1, 0.15) is 0 Å². The van der Waals surface area contributed by atoms with Gasteiger partial charge in [0.05, 0.1) is 0 Å². The van der Waals surface area contributed by atoms with E-state index in [9.17, 15) is 0 Å². The van der Waals surface area contributed by atoms with Crippen LogP contribution in [-0.2, 0) is 25.8 Å². The van der Waals surface area contributed by atoms with Crippen molar-refractivity contribution in [2.45, 2.75) is 117 Å². The molecule has 0 saturated heterocycles. The third-order valence-electron chi connectivity index (χ3n) is 4.02. The van der Waals surface area contributed by atoms with Crippen molar-refractivity contribution in [1.82, 2.24) is 0 Å². The van der Waals surface area contributed by atoms with Gasteiger partial charge < -0.3 is 10.2 Å². The van der Waals surface area contributed by atoms with Gasteiger partial charge in [-0.2, -0.15) is 0 Å². The maximum Gasteiger partial charge on any atom is 0.0431 e. The molecule has 0 aliphatic heterocycles. The molecule has 0 aromatic carbocycles. The first-order valence-corrected chi connectivity index (χ1v) is 10.0. The molecule has 0 aliphatic rings. The zero-order chi connectivity index (χ0) is 16.7. The van der Waals surface area contributed by atoms with E-state index in [1.54, 1.807) is 0 Å². The summed E-state index contributed by atoms with van der Waals surface area (Å²) in [7, 11) is 0. The van der Waals surface area contributed by atoms with Gasteiger partial charge in [-0.1, -0.05) is 104 Å². The zero-order valence-electron chi connectivity index (χ0n) is 16.1. The van der Waals surface area contributed by atoms with Crippen molar-refractivity contribution < 1.29 is 36.1 Å². The molecule has 0 radical (unpaired) electrons. The number of unbranched alkanes of at least 4 members (excludes halogenated alkanes) is 14. The van der Waals surface area contributed by atoms with Crippen LogP contribution in [0.4, 0.5) is 0 Å². The Balaban J connectivity index is -0.000000333. The summed E-state index contributed by atoms with van der Waals surface area (Å²) in [6.07, 6.45) is 20.8. The van der Waals surface area contributed by atoms with Crippen LogP contribution in [0.25, 0.3) is 0 Å². The van der Waals surface area contributed by atoms with Gasteiger partial charge in [0.2, 0.25) is 0 Å². The topological polar surface area (TPSA) is 40.5 Å². The molecular formula is C20H44HfO2. The zero-order valence-corrected chi connectivity index (χ0v) is 19.7. The number of hydrogen-bond donors (Lipinski definition) is 2. The van der Waals surface area contributed by atoms with Crippen LogP contribution in [0, 0.1) is 0 Å². The Kier molecular flexibility index (Phi) is 38.1. The van der Waals surface area contributed by atoms with Crippen LogP contribution in [0.15, 0.2) is 0 Å². The van der Waals surface area contributed by atoms with Crippen molar-refractivity contribution in [3.8, 4) is 0 Å². The molecule has 0 saturated carbocycles. The van der Waals surface area contributed by atoms with Crippen LogP contribution < -0.4 is 0 Å². The summed E-state index contributed by atoms with van der Waals surface area (Å²) < 4.78 is 0. The molecule has 0 fully saturated rings. The second-order valence-electron chi connectivity index (χ2n) is 6.40. The first-order chi connectivity index (χ1) is 10.8. The predicted octanol–water partition coefficient (Wildman–Crippen LogP) is 6.24. The van der Waals surface area contributed by atoms with Gasteiger partial charge in [0, 0.05) is 39.1 Å². The number of aliphatic hydroxyl groups is 2. The fourth-order valence-electron chi connectivity index (χ4n) is 2.49. The van der Waals surface area contributed by atoms with E-state index >= 15 is 0 Å². The minimum atomic E-state index is 0. The van der Waals surface area contributed by atoms with Gasteiger partial charge >= 0.3 is 0 Å². The molecule has 0 bridgehead atoms. The van der Waals surface area contributed by atoms with Crippen LogP contribution >= 0.6 is 0 Å². The Morgan fingerprint density at radius 3 is 0.826 bits per heavy atom. The quantitative estimate of drug-likeness (QED) is 0.197. The van der Waals surface area contributed by atoms with Gasteiger partial charge in [-0.3, -0.25) is 0 Å². The van der Waals surface area contributed by atoms with Crippen molar-refractivity contribution in [2.75, 3.05) is 13.2 Å². The fourth-order valence-corrected chi connectivity index (χ4v) is 2.49. The molecular weight excluding hydrogens is 451 g/mol. The summed E-state index contributed by atoms with van der Waals surface area (Å²) in [6.45, 7) is 5.22. The minimum Gasteiger partial charge on any atom is -0.396 e. The van der Waals surface area contributed by atoms with Gasteiger partial charge in [-0.15, -0.1) is 0 Å². The summed E-state index contributed by atoms with van der Waals surface area (Å²) in [6, 6.07) is 0. The molecule has 0 aliphatic carbocycles. The maximum atomic E-state index is 8.51. The molecule has 0 heterocycles. The van der Waals surface area contributed by atoms with Crippen LogP contribution in [0.2, 0.25) is 0 Å². The van der Waals surface area contributed by atoms with E-state index in [1.807, 2.05) is 0 Å². The van der Waals surface area contributed by atoms with E-state index < -0.39 is 0 Å².